The molecule has 0 aliphatic heterocycles. The quantitative estimate of drug-likeness (QED) is 0.442. The summed E-state index contributed by atoms with van der Waals surface area (Å²) in [6, 6.07) is 15.2. The number of para-hydroxylation sites is 1. The summed E-state index contributed by atoms with van der Waals surface area (Å²) < 4.78 is 15.9. The number of hydrogen-bond acceptors (Lipinski definition) is 4. The number of aliphatic imine (C=N–C) groups is 1. The standard InChI is InChI=1S/C18H23N3O3/c1-22-13-14-6-3-4-9-17(14)21-18(19)20-10-11-24-16-8-5-7-15(12-16)23-2/h3-9,12H,10-11,13H2,1-2H3,(H3,19,20,21). The molecule has 0 saturated carbocycles. The van der Waals surface area contributed by atoms with Crippen LogP contribution < -0.4 is 20.5 Å². The molecule has 0 unspecified atom stereocenters. The highest BCUT2D eigenvalue weighted by atomic mass is 16.5. The zero-order chi connectivity index (χ0) is 17.2. The summed E-state index contributed by atoms with van der Waals surface area (Å²) in [5, 5.41) is 3.08. The van der Waals surface area contributed by atoms with Gasteiger partial charge in [-0.05, 0) is 18.2 Å². The summed E-state index contributed by atoms with van der Waals surface area (Å²) in [7, 11) is 3.28. The normalized spacial score (nSPS) is 11.2. The van der Waals surface area contributed by atoms with Crippen LogP contribution in [-0.2, 0) is 11.3 Å². The van der Waals surface area contributed by atoms with Gasteiger partial charge >= 0.3 is 0 Å². The summed E-state index contributed by atoms with van der Waals surface area (Å²) >= 11 is 0. The molecular weight excluding hydrogens is 306 g/mol. The minimum absolute atomic E-state index is 0.341. The largest absolute Gasteiger partial charge is 0.497 e. The number of anilines is 1. The average molecular weight is 329 g/mol. The molecule has 0 amide bonds. The zero-order valence-corrected chi connectivity index (χ0v) is 14.0. The van der Waals surface area contributed by atoms with Crippen LogP contribution in [-0.4, -0.2) is 33.3 Å². The molecule has 24 heavy (non-hydrogen) atoms. The number of nitrogens with one attached hydrogen (secondary N) is 1. The van der Waals surface area contributed by atoms with Gasteiger partial charge < -0.3 is 25.3 Å². The van der Waals surface area contributed by atoms with Gasteiger partial charge in [0, 0.05) is 24.4 Å². The third-order valence-electron chi connectivity index (χ3n) is 3.26. The topological polar surface area (TPSA) is 78.1 Å². The van der Waals surface area contributed by atoms with Crippen LogP contribution in [0, 0.1) is 0 Å². The van der Waals surface area contributed by atoms with Crippen molar-refractivity contribution in [2.24, 2.45) is 10.7 Å². The maximum Gasteiger partial charge on any atom is 0.193 e. The van der Waals surface area contributed by atoms with Crippen LogP contribution in [0.5, 0.6) is 11.5 Å². The number of nitrogens with two attached hydrogens (primary N) is 1. The van der Waals surface area contributed by atoms with Crippen LogP contribution in [0.3, 0.4) is 0 Å². The lowest BCUT2D eigenvalue weighted by molar-refractivity contribution is 0.185. The molecule has 0 saturated heterocycles. The molecule has 6 nitrogen and oxygen atoms in total. The van der Waals surface area contributed by atoms with Gasteiger partial charge in [0.05, 0.1) is 20.3 Å². The molecule has 0 aliphatic rings. The summed E-state index contributed by atoms with van der Waals surface area (Å²) in [6.07, 6.45) is 0. The lowest BCUT2D eigenvalue weighted by atomic mass is 10.2. The second-order valence-electron chi connectivity index (χ2n) is 5.01. The second-order valence-corrected chi connectivity index (χ2v) is 5.01. The molecule has 128 valence electrons. The molecular formula is C18H23N3O3. The molecule has 0 aromatic heterocycles. The van der Waals surface area contributed by atoms with E-state index in [0.717, 1.165) is 22.7 Å². The lowest BCUT2D eigenvalue weighted by Crippen LogP contribution is -2.24. The third kappa shape index (κ3) is 5.48. The first kappa shape index (κ1) is 17.6. The van der Waals surface area contributed by atoms with Gasteiger partial charge in [-0.15, -0.1) is 0 Å². The van der Waals surface area contributed by atoms with E-state index in [-0.39, 0.29) is 0 Å². The molecule has 0 spiro atoms. The molecule has 2 aromatic rings. The maximum absolute atomic E-state index is 5.92. The van der Waals surface area contributed by atoms with E-state index in [1.54, 1.807) is 14.2 Å². The van der Waals surface area contributed by atoms with Crippen molar-refractivity contribution in [1.82, 2.24) is 0 Å². The van der Waals surface area contributed by atoms with Crippen LogP contribution in [0.15, 0.2) is 53.5 Å². The lowest BCUT2D eigenvalue weighted by Gasteiger charge is -2.11. The minimum Gasteiger partial charge on any atom is -0.497 e. The van der Waals surface area contributed by atoms with E-state index in [4.69, 9.17) is 19.9 Å². The van der Waals surface area contributed by atoms with Crippen molar-refractivity contribution in [1.29, 1.82) is 0 Å². The van der Waals surface area contributed by atoms with E-state index in [2.05, 4.69) is 10.3 Å². The summed E-state index contributed by atoms with van der Waals surface area (Å²) in [5.41, 5.74) is 7.82. The fourth-order valence-corrected chi connectivity index (χ4v) is 2.12. The number of nitrogens with zero attached hydrogens (tertiary/aromatic N) is 1. The molecule has 2 aromatic carbocycles. The van der Waals surface area contributed by atoms with Crippen molar-refractivity contribution in [2.45, 2.75) is 6.61 Å². The highest BCUT2D eigenvalue weighted by molar-refractivity contribution is 5.92. The highest BCUT2D eigenvalue weighted by Gasteiger charge is 2.02. The van der Waals surface area contributed by atoms with Crippen LogP contribution in [0.25, 0.3) is 0 Å². The molecule has 0 fully saturated rings. The van der Waals surface area contributed by atoms with Crippen LogP contribution in [0.2, 0.25) is 0 Å². The molecule has 0 aliphatic carbocycles. The van der Waals surface area contributed by atoms with Crippen LogP contribution in [0.4, 0.5) is 5.69 Å². The summed E-state index contributed by atoms with van der Waals surface area (Å²) in [6.45, 7) is 1.38. The average Bonchev–Trinajstić information content (AvgIpc) is 2.61. The molecule has 0 atom stereocenters. The van der Waals surface area contributed by atoms with Crippen molar-refractivity contribution in [3.8, 4) is 11.5 Å². The Morgan fingerprint density at radius 3 is 2.67 bits per heavy atom. The van der Waals surface area contributed by atoms with E-state index >= 15 is 0 Å². The Kier molecular flexibility index (Phi) is 6.91. The van der Waals surface area contributed by atoms with Gasteiger partial charge in [-0.3, -0.25) is 0 Å². The molecule has 6 heteroatoms. The number of guanidine groups is 1. The monoisotopic (exact) mass is 329 g/mol. The van der Waals surface area contributed by atoms with Gasteiger partial charge in [0.1, 0.15) is 18.1 Å². The van der Waals surface area contributed by atoms with E-state index < -0.39 is 0 Å². The van der Waals surface area contributed by atoms with Crippen molar-refractivity contribution >= 4 is 11.6 Å². The second kappa shape index (κ2) is 9.42. The van der Waals surface area contributed by atoms with E-state index in [9.17, 15) is 0 Å². The van der Waals surface area contributed by atoms with Gasteiger partial charge in [-0.2, -0.15) is 0 Å². The number of rotatable bonds is 8. The summed E-state index contributed by atoms with van der Waals surface area (Å²) in [5.74, 6) is 1.83. The first-order chi connectivity index (χ1) is 11.7. The van der Waals surface area contributed by atoms with Crippen LogP contribution >= 0.6 is 0 Å². The Morgan fingerprint density at radius 1 is 1.08 bits per heavy atom. The Labute approximate surface area is 142 Å². The van der Waals surface area contributed by atoms with Crippen molar-refractivity contribution in [3.05, 3.63) is 54.1 Å². The van der Waals surface area contributed by atoms with Crippen molar-refractivity contribution in [3.63, 3.8) is 0 Å². The first-order valence-electron chi connectivity index (χ1n) is 7.63. The van der Waals surface area contributed by atoms with Gasteiger partial charge in [-0.25, -0.2) is 4.99 Å². The fourth-order valence-electron chi connectivity index (χ4n) is 2.12. The van der Waals surface area contributed by atoms with E-state index in [1.165, 1.54) is 0 Å². The maximum atomic E-state index is 5.92. The molecule has 0 bridgehead atoms. The SMILES string of the molecule is COCc1ccccc1NC(N)=NCCOc1cccc(OC)c1. The molecule has 0 heterocycles. The Balaban J connectivity index is 1.83. The number of benzene rings is 2. The van der Waals surface area contributed by atoms with E-state index in [0.29, 0.717) is 25.7 Å². The Morgan fingerprint density at radius 2 is 1.88 bits per heavy atom. The molecule has 3 N–H and O–H groups in total. The van der Waals surface area contributed by atoms with Gasteiger partial charge in [0.25, 0.3) is 0 Å². The Bertz CT molecular complexity index is 674. The Hall–Kier alpha value is -2.73. The number of ether oxygens (including phenoxy) is 3. The van der Waals surface area contributed by atoms with Crippen LogP contribution in [0.1, 0.15) is 5.56 Å². The number of hydrogen-bond donors (Lipinski definition) is 2. The molecule has 0 radical (unpaired) electrons. The van der Waals surface area contributed by atoms with Crippen molar-refractivity contribution < 1.29 is 14.2 Å². The number of methoxy groups -OCH3 is 2. The summed E-state index contributed by atoms with van der Waals surface area (Å²) in [4.78, 5) is 4.26. The fraction of sp³-hybridized carbons (Fsp3) is 0.278. The zero-order valence-electron chi connectivity index (χ0n) is 14.0. The van der Waals surface area contributed by atoms with Gasteiger partial charge in [0.15, 0.2) is 5.96 Å². The first-order valence-corrected chi connectivity index (χ1v) is 7.63. The smallest absolute Gasteiger partial charge is 0.193 e. The van der Waals surface area contributed by atoms with E-state index in [1.807, 2.05) is 48.5 Å². The predicted molar refractivity (Wildman–Crippen MR) is 95.8 cm³/mol. The van der Waals surface area contributed by atoms with Gasteiger partial charge in [-0.1, -0.05) is 24.3 Å². The minimum atomic E-state index is 0.341. The highest BCUT2D eigenvalue weighted by Crippen LogP contribution is 2.18. The molecule has 2 rings (SSSR count). The van der Waals surface area contributed by atoms with Gasteiger partial charge in [0.2, 0.25) is 0 Å². The van der Waals surface area contributed by atoms with Crippen molar-refractivity contribution in [2.75, 3.05) is 32.7 Å². The third-order valence-corrected chi connectivity index (χ3v) is 3.26. The predicted octanol–water partition coefficient (Wildman–Crippen LogP) is 2.65.